The Morgan fingerprint density at radius 2 is 1.85 bits per heavy atom. The van der Waals surface area contributed by atoms with Gasteiger partial charge in [0, 0.05) is 5.33 Å². The van der Waals surface area contributed by atoms with Crippen LogP contribution in [0.15, 0.2) is 12.4 Å². The minimum absolute atomic E-state index is 0.0794. The molecule has 0 aliphatic rings. The molecular weight excluding hydrogens is 240 g/mol. The first-order valence-electron chi connectivity index (χ1n) is 3.58. The molecule has 3 N–H and O–H groups in total. The van der Waals surface area contributed by atoms with Crippen LogP contribution < -0.4 is 0 Å². The molecule has 6 heteroatoms. The van der Waals surface area contributed by atoms with E-state index in [-0.39, 0.29) is 16.9 Å². The topological polar surface area (TPSA) is 86.5 Å². The van der Waals surface area contributed by atoms with Crippen molar-refractivity contribution in [3.8, 4) is 5.75 Å². The number of rotatable bonds is 3. The fraction of sp³-hybridized carbons (Fsp3) is 0.429. The molecule has 0 amide bonds. The number of aliphatic hydroxyl groups excluding tert-OH is 2. The van der Waals surface area contributed by atoms with E-state index in [1.165, 1.54) is 0 Å². The first-order chi connectivity index (χ1) is 6.15. The van der Waals surface area contributed by atoms with E-state index in [2.05, 4.69) is 25.9 Å². The first kappa shape index (κ1) is 10.4. The number of aromatic hydroxyl groups is 1. The Kier molecular flexibility index (Phi) is 3.58. The van der Waals surface area contributed by atoms with E-state index in [1.54, 1.807) is 0 Å². The quantitative estimate of drug-likeness (QED) is 0.655. The number of hydrogen-bond acceptors (Lipinski definition) is 5. The second-order valence-electron chi connectivity index (χ2n) is 2.47. The Morgan fingerprint density at radius 3 is 2.31 bits per heavy atom. The maximum absolute atomic E-state index is 9.39. The third kappa shape index (κ3) is 2.61. The summed E-state index contributed by atoms with van der Waals surface area (Å²) >= 11 is 3.01. The number of nitrogens with zero attached hydrogens (tertiary/aromatic N) is 2. The molecule has 72 valence electrons. The van der Waals surface area contributed by atoms with E-state index >= 15 is 0 Å². The van der Waals surface area contributed by atoms with Crippen molar-refractivity contribution in [1.82, 2.24) is 9.97 Å². The molecule has 2 unspecified atom stereocenters. The number of halogens is 1. The summed E-state index contributed by atoms with van der Waals surface area (Å²) in [5.74, 6) is 0.00836. The highest BCUT2D eigenvalue weighted by Gasteiger charge is 2.19. The van der Waals surface area contributed by atoms with Crippen molar-refractivity contribution in [2.75, 3.05) is 5.33 Å². The normalized spacial score (nSPS) is 15.3. The Hall–Kier alpha value is -0.720. The Bertz CT molecular complexity index is 267. The zero-order chi connectivity index (χ0) is 9.84. The minimum atomic E-state index is -1.14. The van der Waals surface area contributed by atoms with E-state index in [0.717, 1.165) is 12.4 Å². The van der Waals surface area contributed by atoms with Gasteiger partial charge in [-0.05, 0) is 0 Å². The van der Waals surface area contributed by atoms with Crippen LogP contribution in [0.1, 0.15) is 11.9 Å². The summed E-state index contributed by atoms with van der Waals surface area (Å²) in [7, 11) is 0. The molecule has 1 aromatic heterocycles. The highest BCUT2D eigenvalue weighted by molar-refractivity contribution is 9.09. The van der Waals surface area contributed by atoms with Gasteiger partial charge in [-0.2, -0.15) is 0 Å². The fourth-order valence-electron chi connectivity index (χ4n) is 0.740. The highest BCUT2D eigenvalue weighted by atomic mass is 79.9. The van der Waals surface area contributed by atoms with Gasteiger partial charge in [-0.15, -0.1) is 0 Å². The second kappa shape index (κ2) is 4.50. The zero-order valence-corrected chi connectivity index (χ0v) is 8.22. The lowest BCUT2D eigenvalue weighted by molar-refractivity contribution is 0.0284. The van der Waals surface area contributed by atoms with Gasteiger partial charge in [0.2, 0.25) is 0 Å². The largest absolute Gasteiger partial charge is 0.505 e. The lowest BCUT2D eigenvalue weighted by Gasteiger charge is -2.13. The number of alkyl halides is 1. The Balaban J connectivity index is 2.77. The molecule has 0 saturated carbocycles. The molecule has 0 bridgehead atoms. The van der Waals surface area contributed by atoms with Crippen LogP contribution in [-0.2, 0) is 0 Å². The predicted octanol–water partition coefficient (Wildman–Crippen LogP) is -0.0286. The summed E-state index contributed by atoms with van der Waals surface area (Å²) in [5, 5.41) is 27.7. The van der Waals surface area contributed by atoms with Crippen LogP contribution in [0.5, 0.6) is 5.75 Å². The molecule has 0 aromatic carbocycles. The van der Waals surface area contributed by atoms with Crippen molar-refractivity contribution in [2.45, 2.75) is 12.2 Å². The van der Waals surface area contributed by atoms with Crippen molar-refractivity contribution in [3.05, 3.63) is 18.2 Å². The second-order valence-corrected chi connectivity index (χ2v) is 3.11. The Morgan fingerprint density at radius 1 is 1.31 bits per heavy atom. The minimum Gasteiger partial charge on any atom is -0.505 e. The summed E-state index contributed by atoms with van der Waals surface area (Å²) in [5.41, 5.74) is 0. The Labute approximate surface area is 83.2 Å². The fourth-order valence-corrected chi connectivity index (χ4v) is 1.09. The molecule has 0 aliphatic heterocycles. The van der Waals surface area contributed by atoms with Crippen molar-refractivity contribution in [2.24, 2.45) is 0 Å². The smallest absolute Gasteiger partial charge is 0.159 e. The molecular formula is C7H9BrN2O3. The molecule has 0 aliphatic carbocycles. The lowest BCUT2D eigenvalue weighted by Crippen LogP contribution is -2.21. The van der Waals surface area contributed by atoms with Crippen LogP contribution >= 0.6 is 15.9 Å². The number of aromatic nitrogens is 2. The maximum Gasteiger partial charge on any atom is 0.159 e. The summed E-state index contributed by atoms with van der Waals surface area (Å²) in [4.78, 5) is 7.31. The van der Waals surface area contributed by atoms with Crippen molar-refractivity contribution < 1.29 is 15.3 Å². The number of aliphatic hydroxyl groups is 2. The van der Waals surface area contributed by atoms with Crippen LogP contribution in [0, 0.1) is 0 Å². The van der Waals surface area contributed by atoms with Gasteiger partial charge in [0.25, 0.3) is 0 Å². The molecule has 13 heavy (non-hydrogen) atoms. The third-order valence-corrected chi connectivity index (χ3v) is 2.11. The molecule has 5 nitrogen and oxygen atoms in total. The first-order valence-corrected chi connectivity index (χ1v) is 4.70. The van der Waals surface area contributed by atoms with Crippen LogP contribution in [0.25, 0.3) is 0 Å². The van der Waals surface area contributed by atoms with E-state index in [0.29, 0.717) is 0 Å². The summed E-state index contributed by atoms with van der Waals surface area (Å²) in [6, 6.07) is 0. The molecule has 0 radical (unpaired) electrons. The van der Waals surface area contributed by atoms with Crippen LogP contribution in [0.4, 0.5) is 0 Å². The summed E-state index contributed by atoms with van der Waals surface area (Å²) in [6.07, 6.45) is 0.225. The van der Waals surface area contributed by atoms with Crippen molar-refractivity contribution >= 4 is 15.9 Å². The standard InChI is InChI=1S/C7H9BrN2O3/c8-1-5(12)6(13)7-9-2-4(11)3-10-7/h2-3,5-6,11-13H,1H2. The zero-order valence-electron chi connectivity index (χ0n) is 6.63. The summed E-state index contributed by atoms with van der Waals surface area (Å²) in [6.45, 7) is 0. The molecule has 1 rings (SSSR count). The van der Waals surface area contributed by atoms with Gasteiger partial charge in [0.15, 0.2) is 11.6 Å². The summed E-state index contributed by atoms with van der Waals surface area (Å²) < 4.78 is 0. The molecule has 1 heterocycles. The molecule has 0 fully saturated rings. The van der Waals surface area contributed by atoms with E-state index < -0.39 is 12.2 Å². The van der Waals surface area contributed by atoms with Gasteiger partial charge in [-0.1, -0.05) is 15.9 Å². The van der Waals surface area contributed by atoms with Gasteiger partial charge in [-0.3, -0.25) is 0 Å². The maximum atomic E-state index is 9.39. The highest BCUT2D eigenvalue weighted by Crippen LogP contribution is 2.14. The van der Waals surface area contributed by atoms with Crippen LogP contribution in [0.2, 0.25) is 0 Å². The lowest BCUT2D eigenvalue weighted by atomic mass is 10.2. The van der Waals surface area contributed by atoms with Crippen LogP contribution in [-0.4, -0.2) is 36.7 Å². The van der Waals surface area contributed by atoms with Gasteiger partial charge in [-0.25, -0.2) is 9.97 Å². The van der Waals surface area contributed by atoms with E-state index in [4.69, 9.17) is 5.11 Å². The number of hydrogen-bond donors (Lipinski definition) is 3. The SMILES string of the molecule is Oc1cnc(C(O)C(O)CBr)nc1. The average Bonchev–Trinajstić information content (AvgIpc) is 2.17. The van der Waals surface area contributed by atoms with Crippen molar-refractivity contribution in [1.29, 1.82) is 0 Å². The van der Waals surface area contributed by atoms with Gasteiger partial charge in [0.1, 0.15) is 6.10 Å². The van der Waals surface area contributed by atoms with E-state index in [9.17, 15) is 10.2 Å². The van der Waals surface area contributed by atoms with Crippen LogP contribution in [0.3, 0.4) is 0 Å². The van der Waals surface area contributed by atoms with E-state index in [1.807, 2.05) is 0 Å². The molecule has 0 spiro atoms. The van der Waals surface area contributed by atoms with Gasteiger partial charge >= 0.3 is 0 Å². The molecule has 2 atom stereocenters. The predicted molar refractivity (Wildman–Crippen MR) is 48.5 cm³/mol. The van der Waals surface area contributed by atoms with Gasteiger partial charge in [0.05, 0.1) is 18.5 Å². The molecule has 0 saturated heterocycles. The van der Waals surface area contributed by atoms with Gasteiger partial charge < -0.3 is 15.3 Å². The average molecular weight is 249 g/mol. The molecule has 1 aromatic rings. The van der Waals surface area contributed by atoms with Crippen molar-refractivity contribution in [3.63, 3.8) is 0 Å². The monoisotopic (exact) mass is 248 g/mol. The third-order valence-electron chi connectivity index (χ3n) is 1.45.